The zero-order valence-electron chi connectivity index (χ0n) is 15.5. The number of anilines is 1. The summed E-state index contributed by atoms with van der Waals surface area (Å²) < 4.78 is 17.1. The third-order valence-corrected chi connectivity index (χ3v) is 4.17. The molecule has 0 unspecified atom stereocenters. The molecule has 2 aromatic carbocycles. The maximum atomic E-state index is 12.3. The Bertz CT molecular complexity index is 785. The number of carbonyl (C=O) groups is 1. The molecule has 2 aromatic rings. The van der Waals surface area contributed by atoms with Crippen LogP contribution in [0.25, 0.3) is 0 Å². The van der Waals surface area contributed by atoms with E-state index in [9.17, 15) is 4.79 Å². The van der Waals surface area contributed by atoms with Crippen molar-refractivity contribution in [3.05, 3.63) is 53.6 Å². The van der Waals surface area contributed by atoms with Crippen LogP contribution in [0, 0.1) is 0 Å². The highest BCUT2D eigenvalue weighted by Crippen LogP contribution is 2.41. The first-order valence-electron chi connectivity index (χ1n) is 8.88. The van der Waals surface area contributed by atoms with Gasteiger partial charge in [0.05, 0.1) is 6.61 Å². The Labute approximate surface area is 154 Å². The molecule has 0 spiro atoms. The fourth-order valence-corrected chi connectivity index (χ4v) is 3.01. The third kappa shape index (κ3) is 4.35. The average molecular weight is 355 g/mol. The molecule has 138 valence electrons. The second-order valence-electron chi connectivity index (χ2n) is 6.91. The van der Waals surface area contributed by atoms with Gasteiger partial charge in [-0.3, -0.25) is 4.79 Å². The fourth-order valence-electron chi connectivity index (χ4n) is 3.01. The van der Waals surface area contributed by atoms with Crippen molar-refractivity contribution in [2.45, 2.75) is 39.4 Å². The van der Waals surface area contributed by atoms with Crippen molar-refractivity contribution in [2.24, 2.45) is 0 Å². The molecule has 0 aromatic heterocycles. The molecule has 1 aliphatic rings. The second kappa shape index (κ2) is 7.79. The van der Waals surface area contributed by atoms with Gasteiger partial charge in [0.2, 0.25) is 0 Å². The highest BCUT2D eigenvalue weighted by atomic mass is 16.5. The van der Waals surface area contributed by atoms with Gasteiger partial charge in [-0.25, -0.2) is 0 Å². The molecule has 0 saturated heterocycles. The number of rotatable bonds is 7. The molecule has 0 aliphatic carbocycles. The molecule has 1 heterocycles. The highest BCUT2D eigenvalue weighted by molar-refractivity contribution is 5.92. The molecule has 0 radical (unpaired) electrons. The lowest BCUT2D eigenvalue weighted by atomic mass is 10.0. The van der Waals surface area contributed by atoms with Gasteiger partial charge in [-0.05, 0) is 32.9 Å². The summed E-state index contributed by atoms with van der Waals surface area (Å²) in [5, 5.41) is 2.89. The SMILES string of the molecule is CCOCc1ccccc1NC(=O)COc1cccc2c1OC(C)(C)C2. The van der Waals surface area contributed by atoms with E-state index in [1.165, 1.54) is 0 Å². The first-order valence-corrected chi connectivity index (χ1v) is 8.88. The maximum Gasteiger partial charge on any atom is 0.262 e. The van der Waals surface area contributed by atoms with Crippen LogP contribution in [0.5, 0.6) is 11.5 Å². The molecule has 1 aliphatic heterocycles. The zero-order valence-corrected chi connectivity index (χ0v) is 15.5. The minimum Gasteiger partial charge on any atom is -0.483 e. The van der Waals surface area contributed by atoms with Crippen LogP contribution in [0.15, 0.2) is 42.5 Å². The Hall–Kier alpha value is -2.53. The Morgan fingerprint density at radius 3 is 2.81 bits per heavy atom. The van der Waals surface area contributed by atoms with Gasteiger partial charge >= 0.3 is 0 Å². The highest BCUT2D eigenvalue weighted by Gasteiger charge is 2.32. The Balaban J connectivity index is 1.62. The summed E-state index contributed by atoms with van der Waals surface area (Å²) in [6, 6.07) is 13.4. The van der Waals surface area contributed by atoms with Crippen molar-refractivity contribution >= 4 is 11.6 Å². The molecular weight excluding hydrogens is 330 g/mol. The van der Waals surface area contributed by atoms with Crippen molar-refractivity contribution in [3.8, 4) is 11.5 Å². The topological polar surface area (TPSA) is 56.8 Å². The molecule has 1 amide bonds. The molecule has 0 bridgehead atoms. The monoisotopic (exact) mass is 355 g/mol. The summed E-state index contributed by atoms with van der Waals surface area (Å²) in [5.74, 6) is 1.12. The third-order valence-electron chi connectivity index (χ3n) is 4.17. The Morgan fingerprint density at radius 2 is 2.00 bits per heavy atom. The summed E-state index contributed by atoms with van der Waals surface area (Å²) >= 11 is 0. The minimum atomic E-state index is -0.248. The van der Waals surface area contributed by atoms with Crippen molar-refractivity contribution < 1.29 is 19.0 Å². The Kier molecular flexibility index (Phi) is 5.47. The van der Waals surface area contributed by atoms with E-state index in [2.05, 4.69) is 5.32 Å². The summed E-state index contributed by atoms with van der Waals surface area (Å²) in [6.07, 6.45) is 0.830. The van der Waals surface area contributed by atoms with Gasteiger partial charge in [-0.2, -0.15) is 0 Å². The first-order chi connectivity index (χ1) is 12.5. The van der Waals surface area contributed by atoms with Crippen LogP contribution < -0.4 is 14.8 Å². The van der Waals surface area contributed by atoms with E-state index in [1.807, 2.05) is 63.2 Å². The predicted molar refractivity (Wildman–Crippen MR) is 101 cm³/mol. The van der Waals surface area contributed by atoms with Crippen LogP contribution in [-0.2, 0) is 22.6 Å². The molecule has 0 saturated carbocycles. The molecule has 1 N–H and O–H groups in total. The van der Waals surface area contributed by atoms with E-state index in [0.29, 0.717) is 19.0 Å². The van der Waals surface area contributed by atoms with E-state index in [4.69, 9.17) is 14.2 Å². The van der Waals surface area contributed by atoms with Gasteiger partial charge in [-0.15, -0.1) is 0 Å². The number of fused-ring (bicyclic) bond motifs is 1. The van der Waals surface area contributed by atoms with Gasteiger partial charge in [0.25, 0.3) is 5.91 Å². The number of para-hydroxylation sites is 2. The van der Waals surface area contributed by atoms with Gasteiger partial charge in [-0.1, -0.05) is 30.3 Å². The fraction of sp³-hybridized carbons (Fsp3) is 0.381. The first kappa shape index (κ1) is 18.3. The lowest BCUT2D eigenvalue weighted by Gasteiger charge is -2.18. The zero-order chi connectivity index (χ0) is 18.6. The van der Waals surface area contributed by atoms with Crippen molar-refractivity contribution in [3.63, 3.8) is 0 Å². The van der Waals surface area contributed by atoms with E-state index in [1.54, 1.807) is 0 Å². The molecule has 0 fully saturated rings. The number of ether oxygens (including phenoxy) is 3. The van der Waals surface area contributed by atoms with E-state index in [0.717, 1.165) is 29.0 Å². The molecule has 5 nitrogen and oxygen atoms in total. The normalized spacial score (nSPS) is 14.4. The van der Waals surface area contributed by atoms with Gasteiger partial charge in [0.15, 0.2) is 18.1 Å². The van der Waals surface area contributed by atoms with Crippen molar-refractivity contribution in [1.82, 2.24) is 0 Å². The molecular formula is C21H25NO4. The van der Waals surface area contributed by atoms with Crippen molar-refractivity contribution in [2.75, 3.05) is 18.5 Å². The number of nitrogens with one attached hydrogen (secondary N) is 1. The van der Waals surface area contributed by atoms with Crippen LogP contribution in [0.3, 0.4) is 0 Å². The molecule has 3 rings (SSSR count). The van der Waals surface area contributed by atoms with Gasteiger partial charge in [0, 0.05) is 29.8 Å². The number of amides is 1. The van der Waals surface area contributed by atoms with Crippen LogP contribution in [-0.4, -0.2) is 24.7 Å². The van der Waals surface area contributed by atoms with E-state index >= 15 is 0 Å². The average Bonchev–Trinajstić information content (AvgIpc) is 2.93. The number of hydrogen-bond acceptors (Lipinski definition) is 4. The number of benzene rings is 2. The quantitative estimate of drug-likeness (QED) is 0.817. The minimum absolute atomic E-state index is 0.0801. The van der Waals surface area contributed by atoms with E-state index in [-0.39, 0.29) is 18.1 Å². The molecule has 0 atom stereocenters. The predicted octanol–water partition coefficient (Wildman–Crippen LogP) is 3.95. The van der Waals surface area contributed by atoms with Crippen LogP contribution in [0.2, 0.25) is 0 Å². The molecule has 5 heteroatoms. The largest absolute Gasteiger partial charge is 0.483 e. The maximum absolute atomic E-state index is 12.3. The summed E-state index contributed by atoms with van der Waals surface area (Å²) in [7, 11) is 0. The second-order valence-corrected chi connectivity index (χ2v) is 6.91. The number of carbonyl (C=O) groups excluding carboxylic acids is 1. The molecule has 26 heavy (non-hydrogen) atoms. The summed E-state index contributed by atoms with van der Waals surface area (Å²) in [5.41, 5.74) is 2.54. The number of hydrogen-bond donors (Lipinski definition) is 1. The van der Waals surface area contributed by atoms with Crippen LogP contribution in [0.4, 0.5) is 5.69 Å². The van der Waals surface area contributed by atoms with Crippen molar-refractivity contribution in [1.29, 1.82) is 0 Å². The van der Waals surface area contributed by atoms with Gasteiger partial charge in [0.1, 0.15) is 5.60 Å². The van der Waals surface area contributed by atoms with Crippen LogP contribution >= 0.6 is 0 Å². The van der Waals surface area contributed by atoms with Gasteiger partial charge < -0.3 is 19.5 Å². The Morgan fingerprint density at radius 1 is 1.19 bits per heavy atom. The smallest absolute Gasteiger partial charge is 0.262 e. The lowest BCUT2D eigenvalue weighted by Crippen LogP contribution is -2.25. The van der Waals surface area contributed by atoms with E-state index < -0.39 is 0 Å². The standard InChI is InChI=1S/C21H25NO4/c1-4-24-13-16-8-5-6-10-17(16)22-19(23)14-25-18-11-7-9-15-12-21(2,3)26-20(15)18/h5-11H,4,12-14H2,1-3H3,(H,22,23). The lowest BCUT2D eigenvalue weighted by molar-refractivity contribution is -0.118. The summed E-state index contributed by atoms with van der Waals surface area (Å²) in [6.45, 7) is 7.03. The summed E-state index contributed by atoms with van der Waals surface area (Å²) in [4.78, 5) is 12.3. The van der Waals surface area contributed by atoms with Crippen LogP contribution in [0.1, 0.15) is 31.9 Å².